The van der Waals surface area contributed by atoms with Crippen LogP contribution in [-0.2, 0) is 16.6 Å². The van der Waals surface area contributed by atoms with Crippen LogP contribution in [0.25, 0.3) is 11.4 Å². The maximum Gasteiger partial charge on any atom is 0.234 e. The van der Waals surface area contributed by atoms with Crippen molar-refractivity contribution in [3.8, 4) is 11.4 Å². The van der Waals surface area contributed by atoms with Crippen molar-refractivity contribution in [3.63, 3.8) is 0 Å². The molecule has 1 aliphatic carbocycles. The quantitative estimate of drug-likeness (QED) is 0.583. The van der Waals surface area contributed by atoms with Gasteiger partial charge in [0.2, 0.25) is 11.8 Å². The lowest BCUT2D eigenvalue weighted by molar-refractivity contribution is -0.117. The SMILES string of the molecule is Cn1c(SCC(=O)Nc2ccc(NC(=O)C3CC3)cc2)nnc1-c1ccncc1. The van der Waals surface area contributed by atoms with Crippen LogP contribution >= 0.6 is 11.8 Å². The van der Waals surface area contributed by atoms with E-state index in [1.165, 1.54) is 11.8 Å². The third kappa shape index (κ3) is 4.80. The zero-order chi connectivity index (χ0) is 20.2. The molecule has 1 aromatic carbocycles. The summed E-state index contributed by atoms with van der Waals surface area (Å²) in [7, 11) is 1.87. The molecular weight excluding hydrogens is 388 g/mol. The first kappa shape index (κ1) is 19.1. The van der Waals surface area contributed by atoms with Gasteiger partial charge in [0.15, 0.2) is 11.0 Å². The van der Waals surface area contributed by atoms with Crippen LogP contribution in [-0.4, -0.2) is 37.3 Å². The lowest BCUT2D eigenvalue weighted by atomic mass is 10.2. The number of carbonyl (C=O) groups excluding carboxylic acids is 2. The summed E-state index contributed by atoms with van der Waals surface area (Å²) in [6.07, 6.45) is 5.33. The molecular formula is C20H20N6O2S. The molecule has 0 unspecified atom stereocenters. The largest absolute Gasteiger partial charge is 0.326 e. The monoisotopic (exact) mass is 408 g/mol. The van der Waals surface area contributed by atoms with E-state index in [0.29, 0.717) is 10.8 Å². The molecule has 0 atom stereocenters. The number of carbonyl (C=O) groups is 2. The molecule has 2 aromatic heterocycles. The zero-order valence-corrected chi connectivity index (χ0v) is 16.6. The molecule has 3 aromatic rings. The minimum absolute atomic E-state index is 0.0630. The molecule has 29 heavy (non-hydrogen) atoms. The number of nitrogens with zero attached hydrogens (tertiary/aromatic N) is 4. The standard InChI is InChI=1S/C20H20N6O2S/c1-26-18(13-8-10-21-11-9-13)24-25-20(26)29-12-17(27)22-15-4-6-16(7-5-15)23-19(28)14-2-3-14/h4-11,14H,2-3,12H2,1H3,(H,22,27)(H,23,28). The first-order valence-electron chi connectivity index (χ1n) is 9.23. The number of benzene rings is 1. The Bertz CT molecular complexity index is 1020. The average molecular weight is 408 g/mol. The summed E-state index contributed by atoms with van der Waals surface area (Å²) in [4.78, 5) is 28.0. The highest BCUT2D eigenvalue weighted by molar-refractivity contribution is 7.99. The van der Waals surface area contributed by atoms with Crippen LogP contribution in [0, 0.1) is 5.92 Å². The van der Waals surface area contributed by atoms with Crippen LogP contribution in [0.2, 0.25) is 0 Å². The van der Waals surface area contributed by atoms with Gasteiger partial charge >= 0.3 is 0 Å². The topological polar surface area (TPSA) is 102 Å². The van der Waals surface area contributed by atoms with Gasteiger partial charge in [-0.1, -0.05) is 11.8 Å². The van der Waals surface area contributed by atoms with E-state index in [0.717, 1.165) is 29.9 Å². The number of hydrogen-bond donors (Lipinski definition) is 2. The molecule has 8 nitrogen and oxygen atoms in total. The second-order valence-electron chi connectivity index (χ2n) is 6.78. The molecule has 4 rings (SSSR count). The molecule has 0 saturated heterocycles. The molecule has 1 fully saturated rings. The molecule has 1 aliphatic rings. The zero-order valence-electron chi connectivity index (χ0n) is 15.8. The fourth-order valence-electron chi connectivity index (χ4n) is 2.75. The van der Waals surface area contributed by atoms with Crippen LogP contribution < -0.4 is 10.6 Å². The van der Waals surface area contributed by atoms with Gasteiger partial charge in [0.05, 0.1) is 5.75 Å². The van der Waals surface area contributed by atoms with Gasteiger partial charge in [-0.05, 0) is 49.2 Å². The molecule has 148 valence electrons. The van der Waals surface area contributed by atoms with Gasteiger partial charge in [0, 0.05) is 42.3 Å². The number of amides is 2. The van der Waals surface area contributed by atoms with Crippen LogP contribution in [0.3, 0.4) is 0 Å². The van der Waals surface area contributed by atoms with E-state index in [2.05, 4.69) is 25.8 Å². The predicted molar refractivity (Wildman–Crippen MR) is 111 cm³/mol. The molecule has 0 spiro atoms. The predicted octanol–water partition coefficient (Wildman–Crippen LogP) is 2.96. The normalized spacial score (nSPS) is 13.1. The van der Waals surface area contributed by atoms with Crippen molar-refractivity contribution in [2.75, 3.05) is 16.4 Å². The number of rotatable bonds is 7. The van der Waals surface area contributed by atoms with Crippen LogP contribution in [0.15, 0.2) is 53.9 Å². The Morgan fingerprint density at radius 2 is 1.69 bits per heavy atom. The van der Waals surface area contributed by atoms with Crippen LogP contribution in [0.5, 0.6) is 0 Å². The molecule has 0 radical (unpaired) electrons. The van der Waals surface area contributed by atoms with E-state index in [1.54, 1.807) is 36.7 Å². The maximum absolute atomic E-state index is 12.3. The molecule has 2 heterocycles. The lowest BCUT2D eigenvalue weighted by Gasteiger charge is -2.08. The van der Waals surface area contributed by atoms with E-state index < -0.39 is 0 Å². The van der Waals surface area contributed by atoms with Gasteiger partial charge in [-0.15, -0.1) is 10.2 Å². The van der Waals surface area contributed by atoms with Crippen molar-refractivity contribution >= 4 is 35.0 Å². The Balaban J connectivity index is 1.30. The highest BCUT2D eigenvalue weighted by atomic mass is 32.2. The van der Waals surface area contributed by atoms with E-state index >= 15 is 0 Å². The van der Waals surface area contributed by atoms with E-state index in [9.17, 15) is 9.59 Å². The van der Waals surface area contributed by atoms with E-state index in [4.69, 9.17) is 0 Å². The first-order chi connectivity index (χ1) is 14.1. The summed E-state index contributed by atoms with van der Waals surface area (Å²) in [5.74, 6) is 1.01. The van der Waals surface area contributed by atoms with E-state index in [-0.39, 0.29) is 23.5 Å². The smallest absolute Gasteiger partial charge is 0.234 e. The highest BCUT2D eigenvalue weighted by Crippen LogP contribution is 2.30. The second-order valence-corrected chi connectivity index (χ2v) is 7.72. The van der Waals surface area contributed by atoms with Crippen molar-refractivity contribution in [1.29, 1.82) is 0 Å². The van der Waals surface area contributed by atoms with Crippen molar-refractivity contribution in [1.82, 2.24) is 19.7 Å². The van der Waals surface area contributed by atoms with Crippen molar-refractivity contribution in [3.05, 3.63) is 48.8 Å². The minimum atomic E-state index is -0.141. The number of anilines is 2. The van der Waals surface area contributed by atoms with E-state index in [1.807, 2.05) is 23.7 Å². The van der Waals surface area contributed by atoms with Gasteiger partial charge in [-0.2, -0.15) is 0 Å². The molecule has 2 amide bonds. The Hall–Kier alpha value is -3.20. The second kappa shape index (κ2) is 8.44. The van der Waals surface area contributed by atoms with Gasteiger partial charge in [0.1, 0.15) is 0 Å². The molecule has 9 heteroatoms. The van der Waals surface area contributed by atoms with Crippen LogP contribution in [0.4, 0.5) is 11.4 Å². The maximum atomic E-state index is 12.3. The van der Waals surface area contributed by atoms with Gasteiger partial charge < -0.3 is 15.2 Å². The Morgan fingerprint density at radius 3 is 2.34 bits per heavy atom. The summed E-state index contributed by atoms with van der Waals surface area (Å²) in [6, 6.07) is 10.8. The van der Waals surface area contributed by atoms with Gasteiger partial charge in [-0.25, -0.2) is 0 Å². The summed E-state index contributed by atoms with van der Waals surface area (Å²) in [5.41, 5.74) is 2.33. The van der Waals surface area contributed by atoms with Gasteiger partial charge in [-0.3, -0.25) is 14.6 Å². The Morgan fingerprint density at radius 1 is 1.03 bits per heavy atom. The molecule has 2 N–H and O–H groups in total. The summed E-state index contributed by atoms with van der Waals surface area (Å²) >= 11 is 1.32. The summed E-state index contributed by atoms with van der Waals surface area (Å²) in [6.45, 7) is 0. The van der Waals surface area contributed by atoms with Crippen molar-refractivity contribution in [2.24, 2.45) is 13.0 Å². The van der Waals surface area contributed by atoms with Crippen molar-refractivity contribution in [2.45, 2.75) is 18.0 Å². The Labute approximate surface area is 172 Å². The molecule has 0 bridgehead atoms. The number of aromatic nitrogens is 4. The molecule has 0 aliphatic heterocycles. The highest BCUT2D eigenvalue weighted by Gasteiger charge is 2.29. The van der Waals surface area contributed by atoms with Gasteiger partial charge in [0.25, 0.3) is 0 Å². The average Bonchev–Trinajstić information content (AvgIpc) is 3.52. The summed E-state index contributed by atoms with van der Waals surface area (Å²) in [5, 5.41) is 14.7. The fourth-order valence-corrected chi connectivity index (χ4v) is 3.46. The number of pyridine rings is 1. The first-order valence-corrected chi connectivity index (χ1v) is 10.2. The minimum Gasteiger partial charge on any atom is -0.326 e. The third-order valence-electron chi connectivity index (χ3n) is 4.49. The number of thioether (sulfide) groups is 1. The number of hydrogen-bond acceptors (Lipinski definition) is 6. The summed E-state index contributed by atoms with van der Waals surface area (Å²) < 4.78 is 1.85. The Kier molecular flexibility index (Phi) is 5.57. The van der Waals surface area contributed by atoms with Crippen LogP contribution in [0.1, 0.15) is 12.8 Å². The van der Waals surface area contributed by atoms with Crippen molar-refractivity contribution < 1.29 is 9.59 Å². The molecule has 1 saturated carbocycles. The fraction of sp³-hybridized carbons (Fsp3) is 0.250. The lowest BCUT2D eigenvalue weighted by Crippen LogP contribution is -2.15. The third-order valence-corrected chi connectivity index (χ3v) is 5.51. The number of nitrogens with one attached hydrogen (secondary N) is 2.